The lowest BCUT2D eigenvalue weighted by Crippen LogP contribution is -2.21. The van der Waals surface area contributed by atoms with Crippen molar-refractivity contribution in [3.8, 4) is 22.9 Å². The number of rotatable bonds is 5. The molecule has 10 heteroatoms. The van der Waals surface area contributed by atoms with Crippen LogP contribution in [0.15, 0.2) is 44.1 Å². The summed E-state index contributed by atoms with van der Waals surface area (Å²) >= 11 is 2.89. The number of nitrogens with zero attached hydrogens (tertiary/aromatic N) is 4. The fourth-order valence-electron chi connectivity index (χ4n) is 3.25. The van der Waals surface area contributed by atoms with E-state index >= 15 is 0 Å². The van der Waals surface area contributed by atoms with Crippen LogP contribution in [0.4, 0.5) is 0 Å². The van der Waals surface area contributed by atoms with E-state index in [-0.39, 0.29) is 18.4 Å². The zero-order valence-corrected chi connectivity index (χ0v) is 16.7. The quantitative estimate of drug-likeness (QED) is 0.351. The van der Waals surface area contributed by atoms with Crippen LogP contribution in [0.3, 0.4) is 0 Å². The Labute approximate surface area is 172 Å². The molecular formula is C19H14N4O4S2. The van der Waals surface area contributed by atoms with Crippen LogP contribution in [0.1, 0.15) is 24.8 Å². The molecule has 2 aliphatic rings. The zero-order chi connectivity index (χ0) is 19.4. The Morgan fingerprint density at radius 2 is 2.07 bits per heavy atom. The zero-order valence-electron chi connectivity index (χ0n) is 15.0. The van der Waals surface area contributed by atoms with Gasteiger partial charge in [-0.3, -0.25) is 9.36 Å². The summed E-state index contributed by atoms with van der Waals surface area (Å²) in [5.41, 5.74) is 1.58. The smallest absolute Gasteiger partial charge is 0.272 e. The summed E-state index contributed by atoms with van der Waals surface area (Å²) in [6.07, 6.45) is 2.03. The second-order valence-electron chi connectivity index (χ2n) is 6.80. The fraction of sp³-hybridized carbons (Fsp3) is 0.263. The van der Waals surface area contributed by atoms with Crippen molar-refractivity contribution in [1.29, 1.82) is 0 Å². The van der Waals surface area contributed by atoms with Crippen molar-refractivity contribution >= 4 is 33.3 Å². The number of benzene rings is 1. The number of thioether (sulfide) groups is 1. The van der Waals surface area contributed by atoms with E-state index in [1.54, 1.807) is 0 Å². The second kappa shape index (κ2) is 6.60. The van der Waals surface area contributed by atoms with Gasteiger partial charge in [-0.25, -0.2) is 4.98 Å². The van der Waals surface area contributed by atoms with E-state index in [2.05, 4.69) is 10.1 Å². The fourth-order valence-corrected chi connectivity index (χ4v) is 4.92. The molecule has 3 aromatic heterocycles. The lowest BCUT2D eigenvalue weighted by molar-refractivity contribution is 0.174. The molecule has 4 aromatic rings. The molecule has 1 aliphatic carbocycles. The van der Waals surface area contributed by atoms with Crippen LogP contribution in [0.2, 0.25) is 0 Å². The highest BCUT2D eigenvalue weighted by molar-refractivity contribution is 7.98. The Bertz CT molecular complexity index is 1290. The number of hydrogen-bond donors (Lipinski definition) is 0. The molecule has 4 heterocycles. The van der Waals surface area contributed by atoms with Crippen LogP contribution in [-0.2, 0) is 5.75 Å². The first kappa shape index (κ1) is 17.0. The van der Waals surface area contributed by atoms with E-state index in [4.69, 9.17) is 19.0 Å². The van der Waals surface area contributed by atoms with Gasteiger partial charge in [0.25, 0.3) is 5.56 Å². The highest BCUT2D eigenvalue weighted by Crippen LogP contribution is 2.38. The Kier molecular flexibility index (Phi) is 3.88. The van der Waals surface area contributed by atoms with Crippen molar-refractivity contribution < 1.29 is 14.0 Å². The van der Waals surface area contributed by atoms with Crippen molar-refractivity contribution in [2.45, 2.75) is 29.8 Å². The molecule has 1 fully saturated rings. The Morgan fingerprint density at radius 1 is 1.17 bits per heavy atom. The molecule has 0 spiro atoms. The highest BCUT2D eigenvalue weighted by Gasteiger charge is 2.29. The summed E-state index contributed by atoms with van der Waals surface area (Å²) in [6.45, 7) is 0.219. The van der Waals surface area contributed by atoms with Crippen LogP contribution in [0.25, 0.3) is 21.6 Å². The van der Waals surface area contributed by atoms with Gasteiger partial charge in [-0.05, 0) is 42.5 Å². The summed E-state index contributed by atoms with van der Waals surface area (Å²) in [4.78, 5) is 22.0. The summed E-state index contributed by atoms with van der Waals surface area (Å²) in [5, 5.41) is 6.67. The molecule has 1 aromatic carbocycles. The minimum atomic E-state index is 0.0431. The van der Waals surface area contributed by atoms with Crippen molar-refractivity contribution in [3.05, 3.63) is 45.9 Å². The maximum absolute atomic E-state index is 12.8. The molecule has 146 valence electrons. The Hall–Kier alpha value is -2.85. The first-order valence-corrected chi connectivity index (χ1v) is 11.0. The third-order valence-corrected chi connectivity index (χ3v) is 6.64. The Balaban J connectivity index is 1.27. The van der Waals surface area contributed by atoms with E-state index in [9.17, 15) is 4.79 Å². The van der Waals surface area contributed by atoms with E-state index in [0.29, 0.717) is 38.8 Å². The molecule has 6 rings (SSSR count). The SMILES string of the molecule is O=c1c2sccc2nc(SCc2nc(-c3ccc4c(c3)OCO4)no2)n1C1CC1. The van der Waals surface area contributed by atoms with E-state index < -0.39 is 0 Å². The summed E-state index contributed by atoms with van der Waals surface area (Å²) in [5.74, 6) is 2.78. The van der Waals surface area contributed by atoms with Crippen molar-refractivity contribution in [3.63, 3.8) is 0 Å². The third-order valence-electron chi connectivity index (χ3n) is 4.82. The summed E-state index contributed by atoms with van der Waals surface area (Å²) in [7, 11) is 0. The first-order chi connectivity index (χ1) is 14.3. The van der Waals surface area contributed by atoms with Crippen LogP contribution < -0.4 is 15.0 Å². The molecule has 0 unspecified atom stereocenters. The van der Waals surface area contributed by atoms with Crippen molar-refractivity contribution in [2.24, 2.45) is 0 Å². The van der Waals surface area contributed by atoms with Crippen LogP contribution in [0, 0.1) is 0 Å². The maximum atomic E-state index is 12.8. The van der Waals surface area contributed by atoms with Gasteiger partial charge in [0.05, 0.1) is 11.3 Å². The van der Waals surface area contributed by atoms with E-state index in [1.807, 2.05) is 34.2 Å². The van der Waals surface area contributed by atoms with E-state index in [0.717, 1.165) is 23.9 Å². The number of hydrogen-bond acceptors (Lipinski definition) is 9. The molecule has 8 nitrogen and oxygen atoms in total. The standard InChI is InChI=1S/C19H14N4O4S2/c24-18-16-12(5-6-28-16)20-19(23(18)11-2-3-11)29-8-15-21-17(22-27-15)10-1-4-13-14(7-10)26-9-25-13/h1,4-7,11H,2-3,8-9H2. The van der Waals surface area contributed by atoms with Gasteiger partial charge in [0, 0.05) is 11.6 Å². The molecule has 0 bridgehead atoms. The van der Waals surface area contributed by atoms with Gasteiger partial charge in [-0.1, -0.05) is 16.9 Å². The minimum absolute atomic E-state index is 0.0431. The van der Waals surface area contributed by atoms with Gasteiger partial charge in [0.1, 0.15) is 4.70 Å². The third kappa shape index (κ3) is 2.99. The van der Waals surface area contributed by atoms with Crippen LogP contribution in [0.5, 0.6) is 11.5 Å². The molecular weight excluding hydrogens is 412 g/mol. The first-order valence-electron chi connectivity index (χ1n) is 9.11. The Morgan fingerprint density at radius 3 is 2.97 bits per heavy atom. The number of fused-ring (bicyclic) bond motifs is 2. The minimum Gasteiger partial charge on any atom is -0.454 e. The van der Waals surface area contributed by atoms with Gasteiger partial charge >= 0.3 is 0 Å². The van der Waals surface area contributed by atoms with E-state index in [1.165, 1.54) is 23.1 Å². The second-order valence-corrected chi connectivity index (χ2v) is 8.66. The van der Waals surface area contributed by atoms with Crippen molar-refractivity contribution in [1.82, 2.24) is 19.7 Å². The van der Waals surface area contributed by atoms with Gasteiger partial charge in [-0.15, -0.1) is 11.3 Å². The molecule has 0 N–H and O–H groups in total. The molecule has 0 atom stereocenters. The molecule has 0 amide bonds. The number of aromatic nitrogens is 4. The maximum Gasteiger partial charge on any atom is 0.272 e. The lowest BCUT2D eigenvalue weighted by Gasteiger charge is -2.09. The van der Waals surface area contributed by atoms with Gasteiger partial charge < -0.3 is 14.0 Å². The highest BCUT2D eigenvalue weighted by atomic mass is 32.2. The predicted molar refractivity (Wildman–Crippen MR) is 108 cm³/mol. The average Bonchev–Trinajstić information content (AvgIpc) is 3.14. The topological polar surface area (TPSA) is 92.3 Å². The average molecular weight is 426 g/mol. The largest absolute Gasteiger partial charge is 0.454 e. The van der Waals surface area contributed by atoms with Crippen LogP contribution >= 0.6 is 23.1 Å². The lowest BCUT2D eigenvalue weighted by atomic mass is 10.2. The molecule has 0 saturated heterocycles. The van der Waals surface area contributed by atoms with Gasteiger partial charge in [0.15, 0.2) is 16.7 Å². The number of ether oxygens (including phenoxy) is 2. The van der Waals surface area contributed by atoms with Gasteiger partial charge in [-0.2, -0.15) is 4.98 Å². The van der Waals surface area contributed by atoms with Gasteiger partial charge in [0.2, 0.25) is 18.5 Å². The summed E-state index contributed by atoms with van der Waals surface area (Å²) in [6, 6.07) is 7.66. The molecule has 1 saturated carbocycles. The van der Waals surface area contributed by atoms with Crippen LogP contribution in [-0.4, -0.2) is 26.5 Å². The molecule has 29 heavy (non-hydrogen) atoms. The molecule has 0 radical (unpaired) electrons. The monoisotopic (exact) mass is 426 g/mol. The summed E-state index contributed by atoms with van der Waals surface area (Å²) < 4.78 is 18.7. The normalized spacial score (nSPS) is 15.3. The molecule has 1 aliphatic heterocycles. The predicted octanol–water partition coefficient (Wildman–Crippen LogP) is 3.86. The number of thiophene rings is 1. The van der Waals surface area contributed by atoms with Crippen molar-refractivity contribution in [2.75, 3.05) is 6.79 Å².